The molecule has 3 aromatic rings. The first-order valence-corrected chi connectivity index (χ1v) is 6.94. The van der Waals surface area contributed by atoms with Gasteiger partial charge in [0.05, 0.1) is 5.52 Å². The Morgan fingerprint density at radius 2 is 1.65 bits per heavy atom. The normalized spacial score (nSPS) is 12.0. The van der Waals surface area contributed by atoms with Gasteiger partial charge in [-0.25, -0.2) is 9.97 Å². The average Bonchev–Trinajstić information content (AvgIpc) is 2.80. The van der Waals surface area contributed by atoms with Crippen molar-refractivity contribution in [2.24, 2.45) is 0 Å². The molecule has 2 heterocycles. The molecule has 0 spiro atoms. The number of fused-ring (bicyclic) bond motifs is 1. The molecule has 0 saturated carbocycles. The van der Waals surface area contributed by atoms with Crippen LogP contribution in [-0.4, -0.2) is 15.0 Å². The number of halogens is 1. The Hall–Kier alpha value is -1.87. The molecule has 102 valence electrons. The summed E-state index contributed by atoms with van der Waals surface area (Å²) in [6.45, 7) is 6.61. The van der Waals surface area contributed by atoms with E-state index in [1.807, 2.05) is 6.07 Å². The Morgan fingerprint density at radius 3 is 2.30 bits per heavy atom. The standard InChI is InChI=1S/C16H16ClN3/c1-16(2,3)11-6-4-10(5-7-11)14-18-12-8-9-13(17)19-15(12)20-14/h4-9H,1-3H3,(H,18,19,20). The number of hydrogen-bond acceptors (Lipinski definition) is 2. The van der Waals surface area contributed by atoms with Crippen LogP contribution in [0.25, 0.3) is 22.6 Å². The molecule has 20 heavy (non-hydrogen) atoms. The van der Waals surface area contributed by atoms with Crippen LogP contribution in [0.1, 0.15) is 26.3 Å². The van der Waals surface area contributed by atoms with E-state index in [2.05, 4.69) is 60.0 Å². The molecule has 1 aromatic carbocycles. The van der Waals surface area contributed by atoms with Crippen LogP contribution in [0.3, 0.4) is 0 Å². The van der Waals surface area contributed by atoms with Gasteiger partial charge in [-0.2, -0.15) is 0 Å². The lowest BCUT2D eigenvalue weighted by molar-refractivity contribution is 0.590. The van der Waals surface area contributed by atoms with Crippen molar-refractivity contribution in [2.75, 3.05) is 0 Å². The lowest BCUT2D eigenvalue weighted by Gasteiger charge is -2.18. The Labute approximate surface area is 123 Å². The van der Waals surface area contributed by atoms with E-state index in [1.54, 1.807) is 6.07 Å². The van der Waals surface area contributed by atoms with E-state index in [-0.39, 0.29) is 5.41 Å². The molecule has 0 saturated heterocycles. The predicted octanol–water partition coefficient (Wildman–Crippen LogP) is 4.58. The lowest BCUT2D eigenvalue weighted by Crippen LogP contribution is -2.10. The molecule has 2 aromatic heterocycles. The number of H-pyrrole nitrogens is 1. The second-order valence-electron chi connectivity index (χ2n) is 5.92. The number of hydrogen-bond donors (Lipinski definition) is 1. The zero-order valence-electron chi connectivity index (χ0n) is 11.7. The Balaban J connectivity index is 2.02. The molecule has 3 rings (SSSR count). The summed E-state index contributed by atoms with van der Waals surface area (Å²) in [5, 5.41) is 0.457. The largest absolute Gasteiger partial charge is 0.337 e. The summed E-state index contributed by atoms with van der Waals surface area (Å²) in [5.41, 5.74) is 4.05. The smallest absolute Gasteiger partial charge is 0.179 e. The summed E-state index contributed by atoms with van der Waals surface area (Å²) < 4.78 is 0. The van der Waals surface area contributed by atoms with Gasteiger partial charge in [0, 0.05) is 5.56 Å². The summed E-state index contributed by atoms with van der Waals surface area (Å²) in [7, 11) is 0. The number of aromatic nitrogens is 3. The van der Waals surface area contributed by atoms with Crippen LogP contribution in [0, 0.1) is 0 Å². The summed E-state index contributed by atoms with van der Waals surface area (Å²) >= 11 is 5.88. The third-order valence-electron chi connectivity index (χ3n) is 3.34. The first-order chi connectivity index (χ1) is 9.43. The zero-order chi connectivity index (χ0) is 14.3. The molecule has 0 aliphatic carbocycles. The number of imidazole rings is 1. The highest BCUT2D eigenvalue weighted by atomic mass is 35.5. The van der Waals surface area contributed by atoms with Crippen molar-refractivity contribution in [3.63, 3.8) is 0 Å². The Kier molecular flexibility index (Phi) is 3.02. The van der Waals surface area contributed by atoms with Crippen LogP contribution < -0.4 is 0 Å². The fourth-order valence-electron chi connectivity index (χ4n) is 2.13. The first kappa shape index (κ1) is 13.1. The molecule has 0 aliphatic heterocycles. The van der Waals surface area contributed by atoms with Crippen molar-refractivity contribution in [3.8, 4) is 11.4 Å². The second-order valence-corrected chi connectivity index (χ2v) is 6.31. The molecule has 0 bridgehead atoms. The molecule has 0 atom stereocenters. The first-order valence-electron chi connectivity index (χ1n) is 6.57. The van der Waals surface area contributed by atoms with Crippen molar-refractivity contribution in [1.82, 2.24) is 15.0 Å². The minimum Gasteiger partial charge on any atom is -0.337 e. The highest BCUT2D eigenvalue weighted by Gasteiger charge is 2.14. The minimum atomic E-state index is 0.154. The maximum Gasteiger partial charge on any atom is 0.179 e. The van der Waals surface area contributed by atoms with E-state index in [4.69, 9.17) is 11.6 Å². The fraction of sp³-hybridized carbons (Fsp3) is 0.250. The van der Waals surface area contributed by atoms with Crippen molar-refractivity contribution < 1.29 is 0 Å². The van der Waals surface area contributed by atoms with E-state index in [9.17, 15) is 0 Å². The molecule has 0 amide bonds. The van der Waals surface area contributed by atoms with Gasteiger partial charge in [0.15, 0.2) is 5.65 Å². The number of nitrogens with zero attached hydrogens (tertiary/aromatic N) is 2. The number of benzene rings is 1. The Bertz CT molecular complexity index is 751. The van der Waals surface area contributed by atoms with Crippen LogP contribution in [-0.2, 0) is 5.41 Å². The maximum absolute atomic E-state index is 5.88. The lowest BCUT2D eigenvalue weighted by atomic mass is 9.87. The summed E-state index contributed by atoms with van der Waals surface area (Å²) in [4.78, 5) is 12.0. The minimum absolute atomic E-state index is 0.154. The van der Waals surface area contributed by atoms with Crippen LogP contribution >= 0.6 is 11.6 Å². The number of rotatable bonds is 1. The van der Waals surface area contributed by atoms with Gasteiger partial charge in [-0.15, -0.1) is 0 Å². The van der Waals surface area contributed by atoms with Gasteiger partial charge < -0.3 is 4.98 Å². The summed E-state index contributed by atoms with van der Waals surface area (Å²) in [6, 6.07) is 12.1. The molecule has 0 radical (unpaired) electrons. The molecular formula is C16H16ClN3. The van der Waals surface area contributed by atoms with Gasteiger partial charge in [-0.3, -0.25) is 0 Å². The highest BCUT2D eigenvalue weighted by molar-refractivity contribution is 6.29. The van der Waals surface area contributed by atoms with Crippen LogP contribution in [0.2, 0.25) is 5.15 Å². The molecular weight excluding hydrogens is 270 g/mol. The zero-order valence-corrected chi connectivity index (χ0v) is 12.5. The quantitative estimate of drug-likeness (QED) is 0.665. The van der Waals surface area contributed by atoms with Crippen molar-refractivity contribution in [1.29, 1.82) is 0 Å². The van der Waals surface area contributed by atoms with E-state index in [0.29, 0.717) is 10.8 Å². The maximum atomic E-state index is 5.88. The average molecular weight is 286 g/mol. The van der Waals surface area contributed by atoms with Crippen LogP contribution in [0.5, 0.6) is 0 Å². The molecule has 4 heteroatoms. The van der Waals surface area contributed by atoms with Gasteiger partial charge in [-0.05, 0) is 23.1 Å². The summed E-state index contributed by atoms with van der Waals surface area (Å²) in [5.74, 6) is 0.815. The van der Waals surface area contributed by atoms with Crippen molar-refractivity contribution in [2.45, 2.75) is 26.2 Å². The van der Waals surface area contributed by atoms with E-state index in [0.717, 1.165) is 16.9 Å². The van der Waals surface area contributed by atoms with Gasteiger partial charge >= 0.3 is 0 Å². The van der Waals surface area contributed by atoms with E-state index >= 15 is 0 Å². The van der Waals surface area contributed by atoms with Crippen molar-refractivity contribution in [3.05, 3.63) is 47.1 Å². The van der Waals surface area contributed by atoms with E-state index in [1.165, 1.54) is 5.56 Å². The SMILES string of the molecule is CC(C)(C)c1ccc(-c2nc3nc(Cl)ccc3[nH]2)cc1. The number of nitrogens with one attached hydrogen (secondary N) is 1. The van der Waals surface area contributed by atoms with E-state index < -0.39 is 0 Å². The molecule has 3 nitrogen and oxygen atoms in total. The third-order valence-corrected chi connectivity index (χ3v) is 3.55. The molecule has 0 unspecified atom stereocenters. The Morgan fingerprint density at radius 1 is 0.950 bits per heavy atom. The van der Waals surface area contributed by atoms with Crippen LogP contribution in [0.15, 0.2) is 36.4 Å². The molecule has 1 N–H and O–H groups in total. The fourth-order valence-corrected chi connectivity index (χ4v) is 2.28. The number of aromatic amines is 1. The third kappa shape index (κ3) is 2.41. The molecule has 0 fully saturated rings. The van der Waals surface area contributed by atoms with Gasteiger partial charge in [0.1, 0.15) is 11.0 Å². The monoisotopic (exact) mass is 285 g/mol. The van der Waals surface area contributed by atoms with Crippen molar-refractivity contribution >= 4 is 22.8 Å². The number of pyridine rings is 1. The summed E-state index contributed by atoms with van der Waals surface area (Å²) in [6.07, 6.45) is 0. The highest BCUT2D eigenvalue weighted by Crippen LogP contribution is 2.26. The second kappa shape index (κ2) is 4.60. The van der Waals surface area contributed by atoms with Gasteiger partial charge in [0.25, 0.3) is 0 Å². The van der Waals surface area contributed by atoms with Crippen LogP contribution in [0.4, 0.5) is 0 Å². The van der Waals surface area contributed by atoms with Gasteiger partial charge in [0.2, 0.25) is 0 Å². The predicted molar refractivity (Wildman–Crippen MR) is 83.0 cm³/mol. The topological polar surface area (TPSA) is 41.6 Å². The molecule has 0 aliphatic rings. The van der Waals surface area contributed by atoms with Gasteiger partial charge in [-0.1, -0.05) is 56.6 Å².